The van der Waals surface area contributed by atoms with Gasteiger partial charge in [0, 0.05) is 18.9 Å². The molecular formula is C11H20Cl2N4O. The predicted molar refractivity (Wildman–Crippen MR) is 75.0 cm³/mol. The van der Waals surface area contributed by atoms with Crippen LogP contribution in [0.3, 0.4) is 0 Å². The zero-order chi connectivity index (χ0) is 11.6. The Labute approximate surface area is 119 Å². The Hall–Kier alpha value is -0.780. The summed E-state index contributed by atoms with van der Waals surface area (Å²) in [6.07, 6.45) is 5.76. The van der Waals surface area contributed by atoms with Crippen molar-refractivity contribution < 1.29 is 4.79 Å². The van der Waals surface area contributed by atoms with Gasteiger partial charge in [-0.3, -0.25) is 9.48 Å². The van der Waals surface area contributed by atoms with E-state index in [0.29, 0.717) is 12.5 Å². The molecule has 1 saturated carbocycles. The van der Waals surface area contributed by atoms with Gasteiger partial charge in [0.1, 0.15) is 6.54 Å². The number of rotatable bonds is 5. The van der Waals surface area contributed by atoms with E-state index >= 15 is 0 Å². The van der Waals surface area contributed by atoms with Crippen LogP contribution in [0.4, 0.5) is 0 Å². The van der Waals surface area contributed by atoms with E-state index < -0.39 is 0 Å². The van der Waals surface area contributed by atoms with Gasteiger partial charge in [-0.1, -0.05) is 0 Å². The molecule has 1 heterocycles. The van der Waals surface area contributed by atoms with Crippen molar-refractivity contribution in [3.8, 4) is 0 Å². The van der Waals surface area contributed by atoms with Gasteiger partial charge in [-0.2, -0.15) is 5.10 Å². The first-order valence-electron chi connectivity index (χ1n) is 5.62. The molecular weight excluding hydrogens is 275 g/mol. The third kappa shape index (κ3) is 4.15. The standard InChI is InChI=1S/C11H18N4O.2ClH/c1-11(8-12,9-3-4-9)14-10(16)7-15-6-2-5-13-15;;/h2,5-6,9H,3-4,7-8,12H2,1H3,(H,14,16);2*1H. The number of amides is 1. The molecule has 104 valence electrons. The number of carbonyl (C=O) groups excluding carboxylic acids is 1. The predicted octanol–water partition coefficient (Wildman–Crippen LogP) is 0.970. The maximum atomic E-state index is 11.8. The molecule has 1 amide bonds. The topological polar surface area (TPSA) is 72.9 Å². The highest BCUT2D eigenvalue weighted by atomic mass is 35.5. The first-order valence-corrected chi connectivity index (χ1v) is 5.62. The van der Waals surface area contributed by atoms with Gasteiger partial charge in [-0.25, -0.2) is 0 Å². The van der Waals surface area contributed by atoms with Gasteiger partial charge >= 0.3 is 0 Å². The third-order valence-electron chi connectivity index (χ3n) is 3.19. The van der Waals surface area contributed by atoms with E-state index in [4.69, 9.17) is 5.73 Å². The molecule has 1 unspecified atom stereocenters. The first-order chi connectivity index (χ1) is 7.64. The van der Waals surface area contributed by atoms with Crippen LogP contribution in [0, 0.1) is 5.92 Å². The van der Waals surface area contributed by atoms with Crippen LogP contribution in [0.1, 0.15) is 19.8 Å². The molecule has 18 heavy (non-hydrogen) atoms. The fourth-order valence-electron chi connectivity index (χ4n) is 1.94. The number of nitrogens with one attached hydrogen (secondary N) is 1. The van der Waals surface area contributed by atoms with Crippen molar-refractivity contribution in [2.24, 2.45) is 11.7 Å². The van der Waals surface area contributed by atoms with Crippen molar-refractivity contribution >= 4 is 30.7 Å². The minimum Gasteiger partial charge on any atom is -0.348 e. The van der Waals surface area contributed by atoms with Crippen molar-refractivity contribution in [3.05, 3.63) is 18.5 Å². The second kappa shape index (κ2) is 6.97. The average Bonchev–Trinajstić information content (AvgIpc) is 3.00. The van der Waals surface area contributed by atoms with Crippen LogP contribution < -0.4 is 11.1 Å². The Bertz CT molecular complexity index is 367. The summed E-state index contributed by atoms with van der Waals surface area (Å²) < 4.78 is 1.61. The van der Waals surface area contributed by atoms with E-state index in [1.807, 2.05) is 6.92 Å². The number of hydrogen-bond acceptors (Lipinski definition) is 3. The van der Waals surface area contributed by atoms with Gasteiger partial charge in [0.25, 0.3) is 0 Å². The molecule has 3 N–H and O–H groups in total. The summed E-state index contributed by atoms with van der Waals surface area (Å²) in [5, 5.41) is 7.02. The number of aromatic nitrogens is 2. The highest BCUT2D eigenvalue weighted by Crippen LogP contribution is 2.38. The fraction of sp³-hybridized carbons (Fsp3) is 0.636. The van der Waals surface area contributed by atoms with E-state index in [0.717, 1.165) is 12.8 Å². The van der Waals surface area contributed by atoms with Gasteiger partial charge in [0.05, 0.1) is 5.54 Å². The minimum atomic E-state index is -0.246. The molecule has 7 heteroatoms. The van der Waals surface area contributed by atoms with E-state index in [-0.39, 0.29) is 42.8 Å². The van der Waals surface area contributed by atoms with E-state index in [9.17, 15) is 4.79 Å². The molecule has 0 spiro atoms. The molecule has 1 fully saturated rings. The van der Waals surface area contributed by atoms with Crippen LogP contribution in [0.2, 0.25) is 0 Å². The Morgan fingerprint density at radius 1 is 1.56 bits per heavy atom. The monoisotopic (exact) mass is 294 g/mol. The first kappa shape index (κ1) is 17.2. The SMILES string of the molecule is CC(CN)(NC(=O)Cn1cccn1)C1CC1.Cl.Cl. The molecule has 0 bridgehead atoms. The largest absolute Gasteiger partial charge is 0.348 e. The zero-order valence-corrected chi connectivity index (χ0v) is 12.0. The van der Waals surface area contributed by atoms with Gasteiger partial charge in [-0.05, 0) is 31.7 Å². The molecule has 2 rings (SSSR count). The maximum absolute atomic E-state index is 11.8. The summed E-state index contributed by atoms with van der Waals surface area (Å²) in [6, 6.07) is 1.80. The van der Waals surface area contributed by atoms with Crippen LogP contribution in [0.25, 0.3) is 0 Å². The molecule has 1 aliphatic rings. The van der Waals surface area contributed by atoms with Crippen molar-refractivity contribution in [2.45, 2.75) is 31.8 Å². The lowest BCUT2D eigenvalue weighted by Crippen LogP contribution is -2.53. The summed E-state index contributed by atoms with van der Waals surface area (Å²) in [7, 11) is 0. The Kier molecular flexibility index (Phi) is 6.67. The Morgan fingerprint density at radius 2 is 2.22 bits per heavy atom. The average molecular weight is 295 g/mol. The highest BCUT2D eigenvalue weighted by molar-refractivity contribution is 5.85. The van der Waals surface area contributed by atoms with E-state index in [2.05, 4.69) is 10.4 Å². The van der Waals surface area contributed by atoms with Crippen molar-refractivity contribution in [3.63, 3.8) is 0 Å². The van der Waals surface area contributed by atoms with Gasteiger partial charge in [0.15, 0.2) is 0 Å². The van der Waals surface area contributed by atoms with Crippen LogP contribution >= 0.6 is 24.8 Å². The lowest BCUT2D eigenvalue weighted by molar-refractivity contribution is -0.123. The zero-order valence-electron chi connectivity index (χ0n) is 10.3. The number of carbonyl (C=O) groups is 1. The van der Waals surface area contributed by atoms with Gasteiger partial charge in [0.2, 0.25) is 5.91 Å². The molecule has 0 aromatic carbocycles. The van der Waals surface area contributed by atoms with Crippen LogP contribution in [0.5, 0.6) is 0 Å². The summed E-state index contributed by atoms with van der Waals surface area (Å²) in [5.74, 6) is 0.516. The second-order valence-corrected chi connectivity index (χ2v) is 4.65. The highest BCUT2D eigenvalue weighted by Gasteiger charge is 2.41. The second-order valence-electron chi connectivity index (χ2n) is 4.65. The van der Waals surface area contributed by atoms with Crippen molar-refractivity contribution in [1.82, 2.24) is 15.1 Å². The van der Waals surface area contributed by atoms with E-state index in [1.165, 1.54) is 0 Å². The maximum Gasteiger partial charge on any atom is 0.242 e. The lowest BCUT2D eigenvalue weighted by Gasteiger charge is -2.29. The molecule has 5 nitrogen and oxygen atoms in total. The van der Waals surface area contributed by atoms with Crippen LogP contribution in [-0.2, 0) is 11.3 Å². The Balaban J connectivity index is 0.00000144. The Morgan fingerprint density at radius 3 is 2.67 bits per heavy atom. The van der Waals surface area contributed by atoms with Gasteiger partial charge in [-0.15, -0.1) is 24.8 Å². The smallest absolute Gasteiger partial charge is 0.242 e. The number of halogens is 2. The third-order valence-corrected chi connectivity index (χ3v) is 3.19. The number of nitrogens with zero attached hydrogens (tertiary/aromatic N) is 2. The van der Waals surface area contributed by atoms with Crippen LogP contribution in [0.15, 0.2) is 18.5 Å². The van der Waals surface area contributed by atoms with Crippen molar-refractivity contribution in [2.75, 3.05) is 6.54 Å². The molecule has 1 atom stereocenters. The lowest BCUT2D eigenvalue weighted by atomic mass is 9.96. The normalized spacial score (nSPS) is 17.0. The summed E-state index contributed by atoms with van der Waals surface area (Å²) >= 11 is 0. The van der Waals surface area contributed by atoms with E-state index in [1.54, 1.807) is 23.1 Å². The fourth-order valence-corrected chi connectivity index (χ4v) is 1.94. The molecule has 0 saturated heterocycles. The van der Waals surface area contributed by atoms with Crippen molar-refractivity contribution in [1.29, 1.82) is 0 Å². The summed E-state index contributed by atoms with van der Waals surface area (Å²) in [5.41, 5.74) is 5.49. The summed E-state index contributed by atoms with van der Waals surface area (Å²) in [6.45, 7) is 2.77. The molecule has 1 aliphatic carbocycles. The summed E-state index contributed by atoms with van der Waals surface area (Å²) in [4.78, 5) is 11.8. The molecule has 1 aromatic rings. The molecule has 1 aromatic heterocycles. The molecule has 0 aliphatic heterocycles. The van der Waals surface area contributed by atoms with Gasteiger partial charge < -0.3 is 11.1 Å². The molecule has 0 radical (unpaired) electrons. The minimum absolute atomic E-state index is 0. The number of hydrogen-bond donors (Lipinski definition) is 2. The number of nitrogens with two attached hydrogens (primary N) is 1. The quantitative estimate of drug-likeness (QED) is 0.850. The van der Waals surface area contributed by atoms with Crippen LogP contribution in [-0.4, -0.2) is 27.8 Å².